The summed E-state index contributed by atoms with van der Waals surface area (Å²) >= 11 is 6.13. The molecule has 2 atom stereocenters. The first-order valence-electron chi connectivity index (χ1n) is 8.82. The zero-order chi connectivity index (χ0) is 20.1. The highest BCUT2D eigenvalue weighted by Gasteiger charge is 2.25. The van der Waals surface area contributed by atoms with Gasteiger partial charge in [-0.1, -0.05) is 35.9 Å². The SMILES string of the molecule is COc1cccc(C(NC(=O)C(C)Oc2ccccc2Cl)c2nccn2C)c1. The molecule has 0 saturated carbocycles. The number of nitrogens with zero attached hydrogens (tertiary/aromatic N) is 2. The molecule has 3 aromatic rings. The van der Waals surface area contributed by atoms with Gasteiger partial charge in [0.15, 0.2) is 6.10 Å². The van der Waals surface area contributed by atoms with Gasteiger partial charge in [0.05, 0.1) is 12.1 Å². The summed E-state index contributed by atoms with van der Waals surface area (Å²) in [6, 6.07) is 14.1. The highest BCUT2D eigenvalue weighted by atomic mass is 35.5. The van der Waals surface area contributed by atoms with E-state index in [4.69, 9.17) is 21.1 Å². The van der Waals surface area contributed by atoms with E-state index in [1.165, 1.54) is 0 Å². The lowest BCUT2D eigenvalue weighted by atomic mass is 10.1. The van der Waals surface area contributed by atoms with E-state index in [1.807, 2.05) is 42.1 Å². The number of benzene rings is 2. The van der Waals surface area contributed by atoms with Gasteiger partial charge in [0, 0.05) is 19.4 Å². The van der Waals surface area contributed by atoms with Crippen molar-refractivity contribution in [3.05, 3.63) is 77.3 Å². The zero-order valence-corrected chi connectivity index (χ0v) is 16.7. The molecule has 1 heterocycles. The average Bonchev–Trinajstić information content (AvgIpc) is 3.13. The molecular formula is C21H22ClN3O3. The van der Waals surface area contributed by atoms with Crippen molar-refractivity contribution in [1.29, 1.82) is 0 Å². The number of carbonyl (C=O) groups is 1. The molecule has 6 nitrogen and oxygen atoms in total. The Morgan fingerprint density at radius 1 is 1.21 bits per heavy atom. The Morgan fingerprint density at radius 2 is 2.00 bits per heavy atom. The Hall–Kier alpha value is -2.99. The number of nitrogens with one attached hydrogen (secondary N) is 1. The van der Waals surface area contributed by atoms with Gasteiger partial charge in [-0.2, -0.15) is 0 Å². The molecule has 0 saturated heterocycles. The second-order valence-electron chi connectivity index (χ2n) is 6.31. The number of para-hydroxylation sites is 1. The fourth-order valence-corrected chi connectivity index (χ4v) is 3.00. The number of ether oxygens (including phenoxy) is 2. The zero-order valence-electron chi connectivity index (χ0n) is 15.9. The maximum atomic E-state index is 12.9. The molecule has 2 unspecified atom stereocenters. The molecule has 0 aliphatic heterocycles. The normalized spacial score (nSPS) is 12.9. The number of imidazole rings is 1. The van der Waals surface area contributed by atoms with Crippen LogP contribution in [-0.2, 0) is 11.8 Å². The molecule has 3 rings (SSSR count). The minimum Gasteiger partial charge on any atom is -0.497 e. The van der Waals surface area contributed by atoms with Crippen molar-refractivity contribution in [3.63, 3.8) is 0 Å². The predicted molar refractivity (Wildman–Crippen MR) is 108 cm³/mol. The summed E-state index contributed by atoms with van der Waals surface area (Å²) in [5, 5.41) is 3.48. The van der Waals surface area contributed by atoms with Crippen molar-refractivity contribution in [2.75, 3.05) is 7.11 Å². The molecule has 28 heavy (non-hydrogen) atoms. The summed E-state index contributed by atoms with van der Waals surface area (Å²) in [6.07, 6.45) is 2.78. The van der Waals surface area contributed by atoms with Gasteiger partial charge in [0.1, 0.15) is 23.4 Å². The van der Waals surface area contributed by atoms with E-state index in [0.717, 1.165) is 5.56 Å². The van der Waals surface area contributed by atoms with Gasteiger partial charge >= 0.3 is 0 Å². The van der Waals surface area contributed by atoms with Crippen molar-refractivity contribution in [2.45, 2.75) is 19.1 Å². The number of carbonyl (C=O) groups excluding carboxylic acids is 1. The Bertz CT molecular complexity index is 957. The van der Waals surface area contributed by atoms with Gasteiger partial charge in [-0.25, -0.2) is 4.98 Å². The van der Waals surface area contributed by atoms with Crippen molar-refractivity contribution < 1.29 is 14.3 Å². The first kappa shape index (κ1) is 19.8. The van der Waals surface area contributed by atoms with Gasteiger partial charge < -0.3 is 19.4 Å². The summed E-state index contributed by atoms with van der Waals surface area (Å²) in [4.78, 5) is 17.3. The van der Waals surface area contributed by atoms with Crippen LogP contribution in [0.2, 0.25) is 5.02 Å². The van der Waals surface area contributed by atoms with E-state index in [1.54, 1.807) is 44.5 Å². The molecule has 1 N–H and O–H groups in total. The van der Waals surface area contributed by atoms with Crippen LogP contribution in [0.15, 0.2) is 60.9 Å². The number of halogens is 1. The monoisotopic (exact) mass is 399 g/mol. The van der Waals surface area contributed by atoms with Crippen LogP contribution in [0.5, 0.6) is 11.5 Å². The van der Waals surface area contributed by atoms with Crippen LogP contribution >= 0.6 is 11.6 Å². The molecular weight excluding hydrogens is 378 g/mol. The number of amides is 1. The molecule has 0 aliphatic carbocycles. The molecule has 0 fully saturated rings. The third-order valence-corrected chi connectivity index (χ3v) is 4.65. The molecule has 0 radical (unpaired) electrons. The average molecular weight is 400 g/mol. The standard InChI is InChI=1S/C21H22ClN3O3/c1-14(28-18-10-5-4-9-17(18)22)21(26)24-19(20-23-11-12-25(20)2)15-7-6-8-16(13-15)27-3/h4-14,19H,1-3H3,(H,24,26). The minimum absolute atomic E-state index is 0.282. The summed E-state index contributed by atoms with van der Waals surface area (Å²) in [6.45, 7) is 1.68. The molecule has 1 amide bonds. The number of hydrogen-bond donors (Lipinski definition) is 1. The van der Waals surface area contributed by atoms with Crippen LogP contribution in [0.3, 0.4) is 0 Å². The summed E-state index contributed by atoms with van der Waals surface area (Å²) in [5.74, 6) is 1.58. The van der Waals surface area contributed by atoms with Crippen LogP contribution in [0, 0.1) is 0 Å². The Labute approximate surface area is 169 Å². The first-order chi connectivity index (χ1) is 13.5. The lowest BCUT2D eigenvalue weighted by Crippen LogP contribution is -2.39. The fraction of sp³-hybridized carbons (Fsp3) is 0.238. The number of hydrogen-bond acceptors (Lipinski definition) is 4. The number of methoxy groups -OCH3 is 1. The number of aromatic nitrogens is 2. The Kier molecular flexibility index (Phi) is 6.21. The summed E-state index contributed by atoms with van der Waals surface area (Å²) in [5.41, 5.74) is 0.854. The molecule has 0 bridgehead atoms. The number of aryl methyl sites for hydroxylation is 1. The lowest BCUT2D eigenvalue weighted by Gasteiger charge is -2.22. The van der Waals surface area contributed by atoms with Crippen molar-refractivity contribution in [1.82, 2.24) is 14.9 Å². The van der Waals surface area contributed by atoms with Crippen LogP contribution in [0.25, 0.3) is 0 Å². The maximum absolute atomic E-state index is 12.9. The van der Waals surface area contributed by atoms with Gasteiger partial charge in [0.2, 0.25) is 0 Å². The second kappa shape index (κ2) is 8.80. The quantitative estimate of drug-likeness (QED) is 0.657. The fourth-order valence-electron chi connectivity index (χ4n) is 2.82. The Balaban J connectivity index is 1.84. The number of rotatable bonds is 7. The van der Waals surface area contributed by atoms with E-state index < -0.39 is 12.1 Å². The molecule has 7 heteroatoms. The van der Waals surface area contributed by atoms with E-state index >= 15 is 0 Å². The third-order valence-electron chi connectivity index (χ3n) is 4.34. The van der Waals surface area contributed by atoms with Crippen LogP contribution in [0.4, 0.5) is 0 Å². The first-order valence-corrected chi connectivity index (χ1v) is 9.20. The van der Waals surface area contributed by atoms with Gasteiger partial charge in [-0.05, 0) is 36.8 Å². The molecule has 0 aliphatic rings. The minimum atomic E-state index is -0.742. The molecule has 0 spiro atoms. The third kappa shape index (κ3) is 4.46. The molecule has 146 valence electrons. The summed E-state index contributed by atoms with van der Waals surface area (Å²) in [7, 11) is 3.48. The predicted octanol–water partition coefficient (Wildman–Crippen LogP) is 3.76. The lowest BCUT2D eigenvalue weighted by molar-refractivity contribution is -0.127. The smallest absolute Gasteiger partial charge is 0.261 e. The van der Waals surface area contributed by atoms with Crippen LogP contribution in [0.1, 0.15) is 24.4 Å². The largest absolute Gasteiger partial charge is 0.497 e. The van der Waals surface area contributed by atoms with E-state index in [-0.39, 0.29) is 5.91 Å². The van der Waals surface area contributed by atoms with Crippen molar-refractivity contribution >= 4 is 17.5 Å². The topological polar surface area (TPSA) is 65.4 Å². The van der Waals surface area contributed by atoms with Crippen molar-refractivity contribution in [3.8, 4) is 11.5 Å². The van der Waals surface area contributed by atoms with Crippen molar-refractivity contribution in [2.24, 2.45) is 7.05 Å². The highest BCUT2D eigenvalue weighted by Crippen LogP contribution is 2.26. The van der Waals surface area contributed by atoms with Gasteiger partial charge in [-0.3, -0.25) is 4.79 Å². The Morgan fingerprint density at radius 3 is 2.68 bits per heavy atom. The van der Waals surface area contributed by atoms with E-state index in [0.29, 0.717) is 22.3 Å². The molecule has 1 aromatic heterocycles. The molecule has 2 aromatic carbocycles. The summed E-state index contributed by atoms with van der Waals surface area (Å²) < 4.78 is 12.9. The van der Waals surface area contributed by atoms with Crippen LogP contribution in [-0.4, -0.2) is 28.7 Å². The van der Waals surface area contributed by atoms with Crippen LogP contribution < -0.4 is 14.8 Å². The van der Waals surface area contributed by atoms with E-state index in [2.05, 4.69) is 10.3 Å². The highest BCUT2D eigenvalue weighted by molar-refractivity contribution is 6.32. The van der Waals surface area contributed by atoms with Gasteiger partial charge in [-0.15, -0.1) is 0 Å². The maximum Gasteiger partial charge on any atom is 0.261 e. The van der Waals surface area contributed by atoms with Gasteiger partial charge in [0.25, 0.3) is 5.91 Å². The van der Waals surface area contributed by atoms with E-state index in [9.17, 15) is 4.79 Å². The second-order valence-corrected chi connectivity index (χ2v) is 6.71.